The van der Waals surface area contributed by atoms with Gasteiger partial charge in [0, 0.05) is 43.0 Å². The van der Waals surface area contributed by atoms with E-state index in [4.69, 9.17) is 19.9 Å². The van der Waals surface area contributed by atoms with Gasteiger partial charge in [0.25, 0.3) is 0 Å². The predicted molar refractivity (Wildman–Crippen MR) is 237 cm³/mol. The number of benzene rings is 5. The van der Waals surface area contributed by atoms with Crippen molar-refractivity contribution in [2.75, 3.05) is 40.2 Å². The molecule has 6 aromatic rings. The van der Waals surface area contributed by atoms with Crippen molar-refractivity contribution in [3.8, 4) is 39.8 Å². The van der Waals surface area contributed by atoms with E-state index in [0.29, 0.717) is 33.9 Å². The first-order valence-electron chi connectivity index (χ1n) is 19.6. The molecule has 0 saturated heterocycles. The number of rotatable bonds is 18. The van der Waals surface area contributed by atoms with E-state index >= 15 is 8.42 Å². The van der Waals surface area contributed by atoms with Crippen LogP contribution in [0, 0.1) is 0 Å². The number of methoxy groups -OCH3 is 3. The van der Waals surface area contributed by atoms with Crippen LogP contribution < -0.4 is 24.7 Å². The van der Waals surface area contributed by atoms with E-state index < -0.39 is 41.5 Å². The van der Waals surface area contributed by atoms with Crippen LogP contribution in [-0.4, -0.2) is 97.4 Å². The van der Waals surface area contributed by atoms with Crippen molar-refractivity contribution in [3.63, 3.8) is 0 Å². The van der Waals surface area contributed by atoms with Crippen molar-refractivity contribution < 1.29 is 40.9 Å². The van der Waals surface area contributed by atoms with Crippen molar-refractivity contribution in [2.24, 2.45) is 0 Å². The van der Waals surface area contributed by atoms with Gasteiger partial charge in [0.1, 0.15) is 27.0 Å². The maximum absolute atomic E-state index is 15.9. The van der Waals surface area contributed by atoms with E-state index in [9.17, 15) is 18.3 Å². The summed E-state index contributed by atoms with van der Waals surface area (Å²) < 4.78 is 80.7. The molecular weight excluding hydrogens is 849 g/mol. The van der Waals surface area contributed by atoms with Crippen LogP contribution in [0.15, 0.2) is 119 Å². The van der Waals surface area contributed by atoms with Gasteiger partial charge in [-0.05, 0) is 96.8 Å². The molecule has 0 aliphatic heterocycles. The number of para-hydroxylation sites is 1. The number of aromatic nitrogens is 4. The maximum atomic E-state index is 15.9. The number of nitrogens with two attached hydrogens (primary N) is 1. The second kappa shape index (κ2) is 19.2. The molecule has 0 atom stereocenters. The highest BCUT2D eigenvalue weighted by atomic mass is 32.2. The zero-order valence-corrected chi connectivity index (χ0v) is 37.4. The summed E-state index contributed by atoms with van der Waals surface area (Å²) in [6.07, 6.45) is -1.26. The van der Waals surface area contributed by atoms with Crippen LogP contribution in [-0.2, 0) is 39.7 Å². The number of hydrogen-bond donors (Lipinski definition) is 3. The molecule has 17 nitrogen and oxygen atoms in total. The minimum atomic E-state index is -4.92. The van der Waals surface area contributed by atoms with Gasteiger partial charge in [-0.15, -0.1) is 10.2 Å². The molecule has 0 radical (unpaired) electrons. The van der Waals surface area contributed by atoms with Crippen LogP contribution in [0.4, 0.5) is 10.5 Å². The number of tetrazole rings is 1. The summed E-state index contributed by atoms with van der Waals surface area (Å²) in [7, 11) is -5.10. The fourth-order valence-electron chi connectivity index (χ4n) is 6.84. The SMILES string of the molecule is COc1ccc(CN(Cc2ccc(OC)cc2)S(=O)(=O)c2c(S(=O)(=O)NCCN(C(=O)O)C(C)(C)C)ccc(-c3ccccc3N)c2-c2nnn(Cc3ccc(OC)cc3)n2)cc1. The van der Waals surface area contributed by atoms with Gasteiger partial charge < -0.3 is 30.0 Å². The summed E-state index contributed by atoms with van der Waals surface area (Å²) in [6, 6.07) is 30.2. The fourth-order valence-corrected chi connectivity index (χ4v) is 10.3. The summed E-state index contributed by atoms with van der Waals surface area (Å²) in [5.74, 6) is 1.54. The van der Waals surface area contributed by atoms with Crippen LogP contribution in [0.5, 0.6) is 17.2 Å². The monoisotopic (exact) mass is 898 g/mol. The lowest BCUT2D eigenvalue weighted by atomic mass is 9.97. The molecule has 0 unspecified atom stereocenters. The summed E-state index contributed by atoms with van der Waals surface area (Å²) in [5.41, 5.74) is 8.28. The molecule has 332 valence electrons. The van der Waals surface area contributed by atoms with Gasteiger partial charge in [-0.3, -0.25) is 0 Å². The number of carbonyl (C=O) groups is 1. The normalized spacial score (nSPS) is 12.0. The molecule has 1 amide bonds. The number of hydrogen-bond acceptors (Lipinski definition) is 12. The topological polar surface area (TPSA) is 221 Å². The van der Waals surface area contributed by atoms with Gasteiger partial charge in [0.2, 0.25) is 25.9 Å². The Labute approximate surface area is 367 Å². The van der Waals surface area contributed by atoms with Gasteiger partial charge in [-0.1, -0.05) is 60.7 Å². The van der Waals surface area contributed by atoms with Gasteiger partial charge in [0.15, 0.2) is 0 Å². The van der Waals surface area contributed by atoms with E-state index in [1.54, 1.807) is 113 Å². The molecule has 6 rings (SSSR count). The molecule has 1 aromatic heterocycles. The van der Waals surface area contributed by atoms with E-state index in [1.807, 2.05) is 12.1 Å². The van der Waals surface area contributed by atoms with Crippen molar-refractivity contribution in [3.05, 3.63) is 126 Å². The lowest BCUT2D eigenvalue weighted by molar-refractivity contribution is 0.102. The minimum Gasteiger partial charge on any atom is -0.497 e. The van der Waals surface area contributed by atoms with Crippen molar-refractivity contribution in [1.29, 1.82) is 0 Å². The largest absolute Gasteiger partial charge is 0.497 e. The lowest BCUT2D eigenvalue weighted by Gasteiger charge is -2.33. The Morgan fingerprint density at radius 2 is 1.27 bits per heavy atom. The van der Waals surface area contributed by atoms with Gasteiger partial charge in [-0.2, -0.15) is 9.10 Å². The van der Waals surface area contributed by atoms with Crippen LogP contribution >= 0.6 is 0 Å². The highest BCUT2D eigenvalue weighted by Crippen LogP contribution is 2.43. The number of nitrogen functional groups attached to an aromatic ring is 1. The number of nitrogens with one attached hydrogen (secondary N) is 1. The Morgan fingerprint density at radius 3 is 1.76 bits per heavy atom. The van der Waals surface area contributed by atoms with Gasteiger partial charge in [-0.25, -0.2) is 26.4 Å². The van der Waals surface area contributed by atoms with Crippen LogP contribution in [0.2, 0.25) is 0 Å². The fraction of sp³-hybridized carbons (Fsp3) is 0.273. The first-order chi connectivity index (χ1) is 29.9. The summed E-state index contributed by atoms with van der Waals surface area (Å²) in [4.78, 5) is 13.2. The quantitative estimate of drug-likeness (QED) is 0.0830. The zero-order chi connectivity index (χ0) is 45.5. The third kappa shape index (κ3) is 10.7. The molecule has 4 N–H and O–H groups in total. The third-order valence-electron chi connectivity index (χ3n) is 10.1. The molecule has 19 heteroatoms. The van der Waals surface area contributed by atoms with Crippen LogP contribution in [0.25, 0.3) is 22.5 Å². The summed E-state index contributed by atoms with van der Waals surface area (Å²) in [5, 5.41) is 23.2. The second-order valence-corrected chi connectivity index (χ2v) is 19.0. The minimum absolute atomic E-state index is 0.121. The predicted octanol–water partition coefficient (Wildman–Crippen LogP) is 6.11. The van der Waals surface area contributed by atoms with Crippen LogP contribution in [0.3, 0.4) is 0 Å². The maximum Gasteiger partial charge on any atom is 0.407 e. The van der Waals surface area contributed by atoms with Crippen LogP contribution in [0.1, 0.15) is 37.5 Å². The standard InChI is InChI=1S/C44H50N8O9S2/c1-44(2,3)51(43(53)54)26-25-46-62(55,56)39-24-23-37(36-9-7-8-10-38(36)45)40(42-47-49-52(48-42)29-32-15-21-35(61-6)22-16-32)41(39)63(57,58)50(27-30-11-17-33(59-4)18-12-30)28-31-13-19-34(60-5)20-14-31/h7-24,46H,25-29,45H2,1-6H3,(H,53,54). The number of carboxylic acid groups (broad SMARTS) is 1. The van der Waals surface area contributed by atoms with Gasteiger partial charge in [0.05, 0.1) is 33.4 Å². The lowest BCUT2D eigenvalue weighted by Crippen LogP contribution is -2.48. The molecule has 0 aliphatic rings. The van der Waals surface area contributed by atoms with E-state index in [-0.39, 0.29) is 55.4 Å². The number of nitrogens with zero attached hydrogens (tertiary/aromatic N) is 6. The molecule has 0 fully saturated rings. The molecule has 0 bridgehead atoms. The molecule has 5 aromatic carbocycles. The summed E-state index contributed by atoms with van der Waals surface area (Å²) >= 11 is 0. The Hall–Kier alpha value is -6.54. The Kier molecular flexibility index (Phi) is 14.0. The number of sulfonamides is 2. The molecule has 0 saturated carbocycles. The molecule has 1 heterocycles. The van der Waals surface area contributed by atoms with E-state index in [2.05, 4.69) is 20.1 Å². The molecule has 0 aliphatic carbocycles. The Morgan fingerprint density at radius 1 is 0.746 bits per heavy atom. The van der Waals surface area contributed by atoms with Crippen molar-refractivity contribution in [1.82, 2.24) is 34.1 Å². The van der Waals surface area contributed by atoms with E-state index in [0.717, 1.165) is 10.5 Å². The third-order valence-corrected chi connectivity index (χ3v) is 13.6. The first-order valence-corrected chi connectivity index (χ1v) is 22.6. The molecular formula is C44H50N8O9S2. The van der Waals surface area contributed by atoms with Crippen molar-refractivity contribution >= 4 is 31.8 Å². The first kappa shape index (κ1) is 46.0. The number of anilines is 1. The smallest absolute Gasteiger partial charge is 0.407 e. The second-order valence-electron chi connectivity index (χ2n) is 15.4. The molecule has 0 spiro atoms. The van der Waals surface area contributed by atoms with Gasteiger partial charge >= 0.3 is 6.09 Å². The summed E-state index contributed by atoms with van der Waals surface area (Å²) in [6.45, 7) is 4.11. The van der Waals surface area contributed by atoms with Crippen molar-refractivity contribution in [2.45, 2.75) is 55.7 Å². The van der Waals surface area contributed by atoms with E-state index in [1.165, 1.54) is 35.5 Å². The average molecular weight is 899 g/mol. The average Bonchev–Trinajstić information content (AvgIpc) is 3.72. The Balaban J connectivity index is 1.60. The highest BCUT2D eigenvalue weighted by molar-refractivity contribution is 7.92. The number of ether oxygens (including phenoxy) is 3. The zero-order valence-electron chi connectivity index (χ0n) is 35.7. The highest BCUT2D eigenvalue weighted by Gasteiger charge is 2.38. The molecule has 63 heavy (non-hydrogen) atoms. The number of amides is 1. The Bertz CT molecular complexity index is 2710.